The van der Waals surface area contributed by atoms with Gasteiger partial charge in [0.2, 0.25) is 5.75 Å². The average Bonchev–Trinajstić information content (AvgIpc) is 3.32. The van der Waals surface area contributed by atoms with Crippen molar-refractivity contribution in [1.29, 1.82) is 0 Å². The predicted octanol–water partition coefficient (Wildman–Crippen LogP) is 3.07. The summed E-state index contributed by atoms with van der Waals surface area (Å²) in [5.74, 6) is 1.93. The number of hydrogen-bond donors (Lipinski definition) is 2. The molecular formula is C23H31NO9S. The molecule has 10 nitrogen and oxygen atoms in total. The summed E-state index contributed by atoms with van der Waals surface area (Å²) in [7, 11) is 2.46. The quantitative estimate of drug-likeness (QED) is 0.354. The zero-order valence-electron chi connectivity index (χ0n) is 19.9. The standard InChI is InChI=1S/C23H31NO9S/c1-28-18-10-14(11-19(29-2)22(18)31-4)16-6-7-17(33-16)15-12-20(30-3)23(32-9-8-24-25)21(13-15)34(5,26)27/h10-13,16-17,24-25H,6-9H2,1-5H3/t16-,17-/m0/s1. The van der Waals surface area contributed by atoms with Gasteiger partial charge in [0.1, 0.15) is 11.5 Å². The van der Waals surface area contributed by atoms with Crippen LogP contribution in [0.4, 0.5) is 0 Å². The van der Waals surface area contributed by atoms with E-state index in [0.29, 0.717) is 35.7 Å². The number of rotatable bonds is 11. The van der Waals surface area contributed by atoms with Crippen molar-refractivity contribution in [2.45, 2.75) is 29.9 Å². The Morgan fingerprint density at radius 2 is 1.38 bits per heavy atom. The van der Waals surface area contributed by atoms with Crippen LogP contribution < -0.4 is 29.2 Å². The van der Waals surface area contributed by atoms with Crippen LogP contribution in [-0.4, -0.2) is 61.5 Å². The van der Waals surface area contributed by atoms with Gasteiger partial charge in [0.25, 0.3) is 0 Å². The summed E-state index contributed by atoms with van der Waals surface area (Å²) in [6.45, 7) is 0.175. The summed E-state index contributed by atoms with van der Waals surface area (Å²) in [4.78, 5) is -0.000347. The van der Waals surface area contributed by atoms with Gasteiger partial charge in [-0.15, -0.1) is 0 Å². The lowest BCUT2D eigenvalue weighted by atomic mass is 10.0. The lowest BCUT2D eigenvalue weighted by Gasteiger charge is -2.20. The first-order valence-electron chi connectivity index (χ1n) is 10.6. The van der Waals surface area contributed by atoms with E-state index in [1.54, 1.807) is 33.5 Å². The fourth-order valence-electron chi connectivity index (χ4n) is 3.97. The lowest BCUT2D eigenvalue weighted by molar-refractivity contribution is 0.0435. The van der Waals surface area contributed by atoms with E-state index in [1.807, 2.05) is 17.6 Å². The topological polar surface area (TPSA) is 122 Å². The fourth-order valence-corrected chi connectivity index (χ4v) is 4.81. The number of benzene rings is 2. The third-order valence-electron chi connectivity index (χ3n) is 5.57. The van der Waals surface area contributed by atoms with Crippen LogP contribution in [-0.2, 0) is 14.6 Å². The summed E-state index contributed by atoms with van der Waals surface area (Å²) in [5.41, 5.74) is 3.50. The van der Waals surface area contributed by atoms with E-state index in [4.69, 9.17) is 33.6 Å². The first-order valence-corrected chi connectivity index (χ1v) is 12.5. The molecule has 188 valence electrons. The molecule has 2 atom stereocenters. The molecule has 0 aromatic heterocycles. The van der Waals surface area contributed by atoms with Crippen molar-refractivity contribution >= 4 is 9.84 Å². The maximum absolute atomic E-state index is 12.5. The van der Waals surface area contributed by atoms with E-state index in [1.165, 1.54) is 7.11 Å². The summed E-state index contributed by atoms with van der Waals surface area (Å²) in [6.07, 6.45) is 1.88. The molecule has 1 heterocycles. The van der Waals surface area contributed by atoms with Crippen molar-refractivity contribution in [3.8, 4) is 28.7 Å². The Kier molecular flexibility index (Phi) is 8.47. The molecule has 0 radical (unpaired) electrons. The molecule has 1 saturated heterocycles. The van der Waals surface area contributed by atoms with Crippen molar-refractivity contribution in [2.75, 3.05) is 47.8 Å². The van der Waals surface area contributed by atoms with Crippen LogP contribution in [0.2, 0.25) is 0 Å². The highest BCUT2D eigenvalue weighted by atomic mass is 32.2. The third kappa shape index (κ3) is 5.49. The molecule has 0 amide bonds. The minimum absolute atomic E-state index is 0.000347. The third-order valence-corrected chi connectivity index (χ3v) is 6.68. The van der Waals surface area contributed by atoms with E-state index in [2.05, 4.69) is 0 Å². The molecule has 1 fully saturated rings. The van der Waals surface area contributed by atoms with Crippen LogP contribution in [0.25, 0.3) is 0 Å². The molecule has 34 heavy (non-hydrogen) atoms. The van der Waals surface area contributed by atoms with Gasteiger partial charge in [-0.3, -0.25) is 0 Å². The minimum Gasteiger partial charge on any atom is -0.493 e. The van der Waals surface area contributed by atoms with Crippen molar-refractivity contribution in [1.82, 2.24) is 5.48 Å². The Bertz CT molecular complexity index is 1080. The lowest BCUT2D eigenvalue weighted by Crippen LogP contribution is -2.18. The second kappa shape index (κ2) is 11.1. The summed E-state index contributed by atoms with van der Waals surface area (Å²) < 4.78 is 58.7. The van der Waals surface area contributed by atoms with E-state index in [9.17, 15) is 8.42 Å². The number of hydrogen-bond acceptors (Lipinski definition) is 10. The zero-order valence-corrected chi connectivity index (χ0v) is 20.7. The monoisotopic (exact) mass is 497 g/mol. The smallest absolute Gasteiger partial charge is 0.203 e. The first-order chi connectivity index (χ1) is 16.3. The van der Waals surface area contributed by atoms with E-state index < -0.39 is 9.84 Å². The minimum atomic E-state index is -3.64. The molecule has 0 saturated carbocycles. The van der Waals surface area contributed by atoms with Gasteiger partial charge in [0.05, 0.1) is 47.2 Å². The molecule has 0 aliphatic carbocycles. The molecule has 0 bridgehead atoms. The number of ether oxygens (including phenoxy) is 6. The number of hydroxylamine groups is 1. The van der Waals surface area contributed by atoms with Crippen LogP contribution in [0.3, 0.4) is 0 Å². The highest BCUT2D eigenvalue weighted by Gasteiger charge is 2.32. The molecule has 2 aromatic carbocycles. The van der Waals surface area contributed by atoms with Gasteiger partial charge in [-0.2, -0.15) is 0 Å². The van der Waals surface area contributed by atoms with E-state index in [-0.39, 0.29) is 41.8 Å². The van der Waals surface area contributed by atoms with Gasteiger partial charge in [-0.1, -0.05) is 0 Å². The summed E-state index contributed by atoms with van der Waals surface area (Å²) in [6, 6.07) is 6.98. The van der Waals surface area contributed by atoms with Crippen molar-refractivity contribution in [2.24, 2.45) is 0 Å². The fraction of sp³-hybridized carbons (Fsp3) is 0.478. The Morgan fingerprint density at radius 3 is 1.82 bits per heavy atom. The normalized spacial score (nSPS) is 17.9. The van der Waals surface area contributed by atoms with Crippen LogP contribution in [0.15, 0.2) is 29.2 Å². The molecule has 0 unspecified atom stereocenters. The second-order valence-electron chi connectivity index (χ2n) is 7.73. The maximum atomic E-state index is 12.5. The first kappa shape index (κ1) is 25.9. The molecule has 11 heteroatoms. The van der Waals surface area contributed by atoms with Crippen LogP contribution in [0.1, 0.15) is 36.2 Å². The number of sulfone groups is 1. The highest BCUT2D eigenvalue weighted by Crippen LogP contribution is 2.47. The molecule has 3 rings (SSSR count). The number of nitrogens with one attached hydrogen (secondary N) is 1. The molecular weight excluding hydrogens is 466 g/mol. The van der Waals surface area contributed by atoms with E-state index in [0.717, 1.165) is 11.8 Å². The van der Waals surface area contributed by atoms with Crippen LogP contribution >= 0.6 is 0 Å². The number of methoxy groups -OCH3 is 4. The zero-order chi connectivity index (χ0) is 24.9. The molecule has 1 aliphatic rings. The summed E-state index contributed by atoms with van der Waals surface area (Å²) >= 11 is 0. The van der Waals surface area contributed by atoms with Crippen LogP contribution in [0.5, 0.6) is 28.7 Å². The van der Waals surface area contributed by atoms with Crippen LogP contribution in [0, 0.1) is 0 Å². The Balaban J connectivity index is 1.94. The van der Waals surface area contributed by atoms with Gasteiger partial charge < -0.3 is 33.6 Å². The van der Waals surface area contributed by atoms with Gasteiger partial charge in [0.15, 0.2) is 32.8 Å². The second-order valence-corrected chi connectivity index (χ2v) is 9.71. The Labute approximate surface area is 199 Å². The molecule has 2 aromatic rings. The SMILES string of the molecule is COc1cc([C@@H]2CC[C@@H](c3cc(OC)c(OCCNO)c(S(C)(=O)=O)c3)O2)cc(OC)c1OC. The Morgan fingerprint density at radius 1 is 0.882 bits per heavy atom. The van der Waals surface area contributed by atoms with Gasteiger partial charge >= 0.3 is 0 Å². The molecule has 2 N–H and O–H groups in total. The van der Waals surface area contributed by atoms with Crippen molar-refractivity contribution < 1.29 is 42.0 Å². The highest BCUT2D eigenvalue weighted by molar-refractivity contribution is 7.90. The van der Waals surface area contributed by atoms with Crippen molar-refractivity contribution in [3.05, 3.63) is 35.4 Å². The van der Waals surface area contributed by atoms with E-state index >= 15 is 0 Å². The summed E-state index contributed by atoms with van der Waals surface area (Å²) in [5, 5.41) is 8.78. The van der Waals surface area contributed by atoms with Crippen molar-refractivity contribution in [3.63, 3.8) is 0 Å². The van der Waals surface area contributed by atoms with Gasteiger partial charge in [0, 0.05) is 6.26 Å². The molecule has 1 aliphatic heterocycles. The largest absolute Gasteiger partial charge is 0.493 e. The Hall–Kier alpha value is -2.73. The average molecular weight is 498 g/mol. The van der Waals surface area contributed by atoms with Gasteiger partial charge in [-0.05, 0) is 48.2 Å². The van der Waals surface area contributed by atoms with Gasteiger partial charge in [-0.25, -0.2) is 13.9 Å². The molecule has 0 spiro atoms. The predicted molar refractivity (Wildman–Crippen MR) is 123 cm³/mol. The maximum Gasteiger partial charge on any atom is 0.203 e.